The third kappa shape index (κ3) is 15.9. The Hall–Kier alpha value is -16.5. The third-order valence-corrected chi connectivity index (χ3v) is 27.7. The van der Waals surface area contributed by atoms with E-state index in [0.29, 0.717) is 61.0 Å². The second-order valence-electron chi connectivity index (χ2n) is 37.3. The highest BCUT2D eigenvalue weighted by Crippen LogP contribution is 2.47. The first-order valence-corrected chi connectivity index (χ1v) is 47.0. The summed E-state index contributed by atoms with van der Waals surface area (Å²) in [5.74, 6) is -1.71. The van der Waals surface area contributed by atoms with Gasteiger partial charge in [-0.1, -0.05) is 137 Å². The van der Waals surface area contributed by atoms with Gasteiger partial charge in [0.2, 0.25) is 0 Å². The summed E-state index contributed by atoms with van der Waals surface area (Å²) >= 11 is 0. The van der Waals surface area contributed by atoms with Gasteiger partial charge in [-0.05, 0) is 232 Å². The van der Waals surface area contributed by atoms with Crippen molar-refractivity contribution in [2.45, 2.75) is 86.5 Å². The maximum atomic E-state index is 14.8. The molecule has 1 fully saturated rings. The predicted octanol–water partition coefficient (Wildman–Crippen LogP) is 28.5. The Balaban J connectivity index is 0.000000101. The summed E-state index contributed by atoms with van der Waals surface area (Å²) in [5.41, 5.74) is 27.5. The van der Waals surface area contributed by atoms with Gasteiger partial charge >= 0.3 is 0 Å². The summed E-state index contributed by atoms with van der Waals surface area (Å²) in [4.78, 5) is 22.8. The molecular weight excluding hydrogens is 1780 g/mol. The van der Waals surface area contributed by atoms with Crippen LogP contribution >= 0.6 is 0 Å². The number of rotatable bonds is 8. The van der Waals surface area contributed by atoms with Crippen molar-refractivity contribution in [1.29, 1.82) is 0 Å². The van der Waals surface area contributed by atoms with Crippen molar-refractivity contribution in [1.82, 2.24) is 24.9 Å². The molecule has 0 unspecified atom stereocenters. The molecule has 25 aromatic rings. The van der Waals surface area contributed by atoms with Crippen molar-refractivity contribution < 1.29 is 75.7 Å². The molecule has 1 aliphatic rings. The standard InChI is InChI=1S/C28H26FN2O.C25H22FN2O.2C22H15F2N2O.C22H16FN2O/c1-17-7-10-22-21-12-9-20(29)15-25(21)32-28(22)26(17)27-23-11-8-19(13-18-5-3-4-6-18)14-24(23)30-16-31(27)2;1-14(2)16-6-9-20-21(11-16)27-13-28(4)24(20)23-15(3)5-8-19-18-10-7-17(26)12-22(18)29-25(19)23;1-12-9-16(24)20-15-8-7-13(23)10-18(15)27-22(20)19(12)21-14-5-3-4-6-17(14)25-11-26(21)2;1-12-7-8-15-20-16(24)9-13(23)10-18(20)27-22(15)19(12)21-14-5-3-4-6-17(14)25-11-26(21)2;1-13-7-9-16-15-10-8-14(23)11-19(15)26-22(16)20(13)21-17-5-3-4-6-18(17)24-12-25(21)2/h7-12,14-16,18H,3-6,13H2,1-2H3;5-14H,1-4H3;2*3-11H,1-2H3;3-12H,1-2H3/q5*+1. The first-order chi connectivity index (χ1) is 68.2. The lowest BCUT2D eigenvalue weighted by atomic mass is 9.95. The van der Waals surface area contributed by atoms with Crippen LogP contribution in [0, 0.1) is 81.3 Å². The molecular formula is C119H94F7N10O5+5. The van der Waals surface area contributed by atoms with E-state index in [2.05, 4.69) is 132 Å². The van der Waals surface area contributed by atoms with Crippen LogP contribution in [0.15, 0.2) is 302 Å². The number of hydrogen-bond donors (Lipinski definition) is 0. The number of fused-ring (bicyclic) bond motifs is 20. The highest BCUT2D eigenvalue weighted by molar-refractivity contribution is 6.17. The van der Waals surface area contributed by atoms with Crippen LogP contribution in [-0.4, -0.2) is 24.9 Å². The molecule has 0 amide bonds. The molecule has 26 rings (SSSR count). The van der Waals surface area contributed by atoms with Gasteiger partial charge in [-0.2, -0.15) is 0 Å². The fraction of sp³-hybridized carbons (Fsp3) is 0.160. The van der Waals surface area contributed by atoms with Gasteiger partial charge in [0.15, 0.2) is 27.6 Å². The quantitative estimate of drug-likeness (QED) is 0.106. The Morgan fingerprint density at radius 2 is 0.589 bits per heavy atom. The lowest BCUT2D eigenvalue weighted by Gasteiger charge is -2.11. The Kier molecular flexibility index (Phi) is 22.8. The van der Waals surface area contributed by atoms with Gasteiger partial charge in [0.05, 0.1) is 101 Å². The maximum absolute atomic E-state index is 14.8. The van der Waals surface area contributed by atoms with Gasteiger partial charge in [0.1, 0.15) is 125 Å². The Morgan fingerprint density at radius 1 is 0.277 bits per heavy atom. The monoisotopic (exact) mass is 1880 g/mol. The Bertz CT molecular complexity index is 9480. The molecule has 15 nitrogen and oxygen atoms in total. The SMILES string of the molecule is Cc1cc(F)c2c(oc3cc(F)ccc32)c1-c1c2ccccc2nc[n+]1C.Cc1ccc2c(oc3cc(F)cc(F)c32)c1-c1c2ccccc2nc[n+]1C.Cc1ccc2c(oc3cc(F)ccc32)c1-c1c2ccc(C(C)C)cc2nc[n+]1C.Cc1ccc2c(oc3cc(F)ccc32)c1-c1c2ccc(CC3CCCC3)cc2nc[n+]1C.Cc1ccc2c(oc3cc(F)ccc32)c1-c1c2ccccc2nc[n+]1C. The van der Waals surface area contributed by atoms with Crippen LogP contribution in [0.2, 0.25) is 0 Å². The van der Waals surface area contributed by atoms with E-state index in [1.54, 1.807) is 36.9 Å². The minimum Gasteiger partial charge on any atom is -0.455 e. The molecule has 0 bridgehead atoms. The topological polar surface area (TPSA) is 150 Å². The summed E-state index contributed by atoms with van der Waals surface area (Å²) < 4.78 is 138. The zero-order chi connectivity index (χ0) is 97.4. The smallest absolute Gasteiger partial charge is 0.287 e. The van der Waals surface area contributed by atoms with Crippen LogP contribution in [0.5, 0.6) is 0 Å². The number of hydrogen-bond acceptors (Lipinski definition) is 10. The highest BCUT2D eigenvalue weighted by atomic mass is 19.2. The van der Waals surface area contributed by atoms with Gasteiger partial charge in [-0.25, -0.2) is 53.6 Å². The second-order valence-corrected chi connectivity index (χ2v) is 37.3. The summed E-state index contributed by atoms with van der Waals surface area (Å²) in [6.07, 6.45) is 15.6. The van der Waals surface area contributed by atoms with E-state index in [-0.39, 0.29) is 28.9 Å². The van der Waals surface area contributed by atoms with E-state index in [4.69, 9.17) is 27.1 Å². The largest absolute Gasteiger partial charge is 0.455 e. The predicted molar refractivity (Wildman–Crippen MR) is 541 cm³/mol. The molecule has 22 heteroatoms. The van der Waals surface area contributed by atoms with E-state index < -0.39 is 17.5 Å². The number of nitrogens with zero attached hydrogens (tertiary/aromatic N) is 10. The molecule has 1 aliphatic carbocycles. The number of para-hydroxylation sites is 3. The van der Waals surface area contributed by atoms with E-state index >= 15 is 0 Å². The van der Waals surface area contributed by atoms with Crippen LogP contribution in [0.4, 0.5) is 30.7 Å². The van der Waals surface area contributed by atoms with Crippen molar-refractivity contribution in [3.63, 3.8) is 0 Å². The van der Waals surface area contributed by atoms with Crippen LogP contribution in [0.3, 0.4) is 0 Å². The molecule has 694 valence electrons. The van der Waals surface area contributed by atoms with Crippen molar-refractivity contribution >= 4 is 164 Å². The molecule has 10 aromatic heterocycles. The van der Waals surface area contributed by atoms with Crippen molar-refractivity contribution in [2.24, 2.45) is 41.2 Å². The summed E-state index contributed by atoms with van der Waals surface area (Å²) in [5, 5.41) is 12.7. The maximum Gasteiger partial charge on any atom is 0.287 e. The minimum atomic E-state index is -0.655. The Morgan fingerprint density at radius 3 is 1.01 bits per heavy atom. The van der Waals surface area contributed by atoms with E-state index in [9.17, 15) is 30.7 Å². The molecule has 0 saturated heterocycles. The van der Waals surface area contributed by atoms with Crippen molar-refractivity contribution in [2.75, 3.05) is 0 Å². The normalized spacial score (nSPS) is 12.5. The summed E-state index contributed by atoms with van der Waals surface area (Å²) in [6.45, 7) is 14.4. The van der Waals surface area contributed by atoms with Crippen LogP contribution in [0.25, 0.3) is 220 Å². The van der Waals surface area contributed by atoms with Crippen LogP contribution < -0.4 is 22.8 Å². The average Bonchev–Trinajstić information content (AvgIpc) is 1.65. The van der Waals surface area contributed by atoms with E-state index in [1.807, 2.05) is 171 Å². The van der Waals surface area contributed by atoms with Gasteiger partial charge < -0.3 is 22.1 Å². The fourth-order valence-corrected chi connectivity index (χ4v) is 20.9. The van der Waals surface area contributed by atoms with Crippen molar-refractivity contribution in [3.8, 4) is 56.3 Å². The van der Waals surface area contributed by atoms with Gasteiger partial charge in [-0.3, -0.25) is 0 Å². The third-order valence-electron chi connectivity index (χ3n) is 27.7. The molecule has 0 N–H and O–H groups in total. The summed E-state index contributed by atoms with van der Waals surface area (Å²) in [7, 11) is 9.81. The average molecular weight is 1880 g/mol. The number of furan rings is 5. The van der Waals surface area contributed by atoms with Crippen LogP contribution in [-0.2, 0) is 41.7 Å². The van der Waals surface area contributed by atoms with E-state index in [1.165, 1.54) is 97.5 Å². The van der Waals surface area contributed by atoms with Gasteiger partial charge in [0.25, 0.3) is 31.6 Å². The molecule has 141 heavy (non-hydrogen) atoms. The van der Waals surface area contributed by atoms with Crippen LogP contribution in [0.1, 0.15) is 84.4 Å². The van der Waals surface area contributed by atoms with Gasteiger partial charge in [-0.15, -0.1) is 0 Å². The first-order valence-electron chi connectivity index (χ1n) is 47.0. The molecule has 10 heterocycles. The Labute approximate surface area is 803 Å². The number of halogens is 7. The molecule has 0 radical (unpaired) electrons. The lowest BCUT2D eigenvalue weighted by molar-refractivity contribution is -0.662. The van der Waals surface area contributed by atoms with Crippen molar-refractivity contribution in [3.05, 3.63) is 360 Å². The lowest BCUT2D eigenvalue weighted by Crippen LogP contribution is -2.32. The van der Waals surface area contributed by atoms with E-state index in [0.717, 1.165) is 206 Å². The molecule has 0 atom stereocenters. The fourth-order valence-electron chi connectivity index (χ4n) is 20.9. The molecule has 0 spiro atoms. The zero-order valence-corrected chi connectivity index (χ0v) is 79.4. The number of aromatic nitrogens is 10. The zero-order valence-electron chi connectivity index (χ0n) is 79.4. The summed E-state index contributed by atoms with van der Waals surface area (Å²) in [6, 6.07) is 75.1. The molecule has 0 aliphatic heterocycles. The van der Waals surface area contributed by atoms with Gasteiger partial charge in [0, 0.05) is 79.5 Å². The minimum absolute atomic E-state index is 0.204. The second kappa shape index (κ2) is 35.8. The number of benzene rings is 15. The molecule has 15 aromatic carbocycles. The number of aryl methyl sites for hydroxylation is 10. The highest BCUT2D eigenvalue weighted by Gasteiger charge is 2.32. The molecule has 1 saturated carbocycles. The first kappa shape index (κ1) is 89.7.